The summed E-state index contributed by atoms with van der Waals surface area (Å²) in [5, 5.41) is 0. The molecule has 0 spiro atoms. The molecule has 0 radical (unpaired) electrons. The number of carbonyl (C=O) groups excluding carboxylic acids is 3. The number of benzene rings is 1. The summed E-state index contributed by atoms with van der Waals surface area (Å²) in [5.74, 6) is -3.19. The van der Waals surface area contributed by atoms with Gasteiger partial charge in [-0.05, 0) is 19.1 Å². The molecular formula is C15H19NO5. The van der Waals surface area contributed by atoms with Crippen molar-refractivity contribution in [1.29, 1.82) is 0 Å². The first-order chi connectivity index (χ1) is 9.90. The van der Waals surface area contributed by atoms with Gasteiger partial charge in [-0.2, -0.15) is 0 Å². The molecule has 1 amide bonds. The van der Waals surface area contributed by atoms with E-state index in [1.807, 2.05) is 19.1 Å². The highest BCUT2D eigenvalue weighted by atomic mass is 16.5. The van der Waals surface area contributed by atoms with Crippen LogP contribution in [0.25, 0.3) is 0 Å². The van der Waals surface area contributed by atoms with Gasteiger partial charge in [0.1, 0.15) is 0 Å². The number of amides is 1. The molecule has 1 aromatic carbocycles. The molecule has 0 aliphatic rings. The van der Waals surface area contributed by atoms with Crippen LogP contribution in [0.3, 0.4) is 0 Å². The lowest BCUT2D eigenvalue weighted by atomic mass is 10.0. The van der Waals surface area contributed by atoms with Gasteiger partial charge in [-0.15, -0.1) is 0 Å². The van der Waals surface area contributed by atoms with Crippen LogP contribution in [-0.4, -0.2) is 39.1 Å². The summed E-state index contributed by atoms with van der Waals surface area (Å²) < 4.78 is 9.05. The predicted molar refractivity (Wildman–Crippen MR) is 76.7 cm³/mol. The Bertz CT molecular complexity index is 507. The molecule has 0 N–H and O–H groups in total. The normalized spacial score (nSPS) is 10.1. The fourth-order valence-electron chi connectivity index (χ4n) is 1.77. The van der Waals surface area contributed by atoms with Gasteiger partial charge in [0, 0.05) is 12.7 Å². The average Bonchev–Trinajstić information content (AvgIpc) is 2.50. The van der Waals surface area contributed by atoms with Gasteiger partial charge >= 0.3 is 11.9 Å². The van der Waals surface area contributed by atoms with Crippen LogP contribution in [0, 0.1) is 12.8 Å². The van der Waals surface area contributed by atoms with Crippen molar-refractivity contribution in [2.75, 3.05) is 26.2 Å². The van der Waals surface area contributed by atoms with Crippen LogP contribution in [-0.2, 0) is 23.9 Å². The fourth-order valence-corrected chi connectivity index (χ4v) is 1.77. The van der Waals surface area contributed by atoms with Crippen molar-refractivity contribution in [3.8, 4) is 0 Å². The van der Waals surface area contributed by atoms with Crippen LogP contribution in [0.15, 0.2) is 24.3 Å². The van der Waals surface area contributed by atoms with Gasteiger partial charge in [0.05, 0.1) is 20.6 Å². The van der Waals surface area contributed by atoms with Gasteiger partial charge in [-0.1, -0.05) is 17.7 Å². The van der Waals surface area contributed by atoms with Crippen molar-refractivity contribution in [1.82, 2.24) is 0 Å². The molecule has 0 aliphatic carbocycles. The highest BCUT2D eigenvalue weighted by Crippen LogP contribution is 2.17. The first kappa shape index (κ1) is 16.7. The summed E-state index contributed by atoms with van der Waals surface area (Å²) in [6, 6.07) is 7.32. The second-order valence-corrected chi connectivity index (χ2v) is 4.59. The summed E-state index contributed by atoms with van der Waals surface area (Å²) in [6.45, 7) is 1.94. The lowest BCUT2D eigenvalue weighted by Gasteiger charge is -2.19. The van der Waals surface area contributed by atoms with Crippen molar-refractivity contribution in [2.24, 2.45) is 5.92 Å². The zero-order chi connectivity index (χ0) is 16.0. The van der Waals surface area contributed by atoms with Gasteiger partial charge < -0.3 is 14.4 Å². The van der Waals surface area contributed by atoms with Crippen molar-refractivity contribution < 1.29 is 23.9 Å². The zero-order valence-corrected chi connectivity index (χ0v) is 12.6. The highest BCUT2D eigenvalue weighted by molar-refractivity contribution is 6.02. The molecule has 0 saturated carbocycles. The number of anilines is 1. The Morgan fingerprint density at radius 3 is 1.95 bits per heavy atom. The third-order valence-corrected chi connectivity index (χ3v) is 3.15. The molecule has 0 saturated heterocycles. The van der Waals surface area contributed by atoms with E-state index in [4.69, 9.17) is 0 Å². The highest BCUT2D eigenvalue weighted by Gasteiger charge is 2.32. The fraction of sp³-hybridized carbons (Fsp3) is 0.400. The Balaban J connectivity index is 2.83. The van der Waals surface area contributed by atoms with Gasteiger partial charge in [-0.25, -0.2) is 0 Å². The molecular weight excluding hydrogens is 274 g/mol. The largest absolute Gasteiger partial charge is 0.468 e. The summed E-state index contributed by atoms with van der Waals surface area (Å²) in [5.41, 5.74) is 1.75. The van der Waals surface area contributed by atoms with E-state index >= 15 is 0 Å². The molecule has 0 aromatic heterocycles. The van der Waals surface area contributed by atoms with Crippen molar-refractivity contribution in [3.63, 3.8) is 0 Å². The van der Waals surface area contributed by atoms with E-state index in [9.17, 15) is 14.4 Å². The topological polar surface area (TPSA) is 72.9 Å². The third-order valence-electron chi connectivity index (χ3n) is 3.15. The first-order valence-corrected chi connectivity index (χ1v) is 6.39. The van der Waals surface area contributed by atoms with Gasteiger partial charge in [0.2, 0.25) is 5.91 Å². The number of rotatable bonds is 5. The number of aryl methyl sites for hydroxylation is 1. The summed E-state index contributed by atoms with van der Waals surface area (Å²) in [6.07, 6.45) is -0.302. The summed E-state index contributed by atoms with van der Waals surface area (Å²) in [7, 11) is 3.90. The summed E-state index contributed by atoms with van der Waals surface area (Å²) >= 11 is 0. The number of methoxy groups -OCH3 is 2. The molecule has 0 fully saturated rings. The Morgan fingerprint density at radius 2 is 1.52 bits per heavy atom. The van der Waals surface area contributed by atoms with Crippen LogP contribution in [0.4, 0.5) is 5.69 Å². The van der Waals surface area contributed by atoms with Crippen LogP contribution >= 0.6 is 0 Å². The molecule has 21 heavy (non-hydrogen) atoms. The number of esters is 2. The molecule has 0 heterocycles. The van der Waals surface area contributed by atoms with E-state index in [1.165, 1.54) is 4.90 Å². The van der Waals surface area contributed by atoms with Crippen LogP contribution in [0.1, 0.15) is 12.0 Å². The number of carbonyl (C=O) groups is 3. The van der Waals surface area contributed by atoms with Crippen LogP contribution in [0.2, 0.25) is 0 Å². The monoisotopic (exact) mass is 293 g/mol. The summed E-state index contributed by atoms with van der Waals surface area (Å²) in [4.78, 5) is 36.7. The molecule has 0 unspecified atom stereocenters. The maximum Gasteiger partial charge on any atom is 0.320 e. The number of ether oxygens (including phenoxy) is 2. The van der Waals surface area contributed by atoms with Gasteiger partial charge in [-0.3, -0.25) is 14.4 Å². The Hall–Kier alpha value is -2.37. The lowest BCUT2D eigenvalue weighted by molar-refractivity contribution is -0.160. The first-order valence-electron chi connectivity index (χ1n) is 6.39. The Kier molecular flexibility index (Phi) is 5.90. The molecule has 0 aliphatic heterocycles. The maximum absolute atomic E-state index is 12.2. The minimum atomic E-state index is -1.25. The quantitative estimate of drug-likeness (QED) is 0.604. The smallest absolute Gasteiger partial charge is 0.320 e. The molecule has 1 rings (SSSR count). The van der Waals surface area contributed by atoms with Gasteiger partial charge in [0.25, 0.3) is 0 Å². The van der Waals surface area contributed by atoms with E-state index < -0.39 is 17.9 Å². The molecule has 6 heteroatoms. The Labute approximate surface area is 123 Å². The Morgan fingerprint density at radius 1 is 1.05 bits per heavy atom. The van der Waals surface area contributed by atoms with Crippen LogP contribution < -0.4 is 4.90 Å². The third kappa shape index (κ3) is 4.30. The number of hydrogen-bond donors (Lipinski definition) is 0. The van der Waals surface area contributed by atoms with E-state index in [-0.39, 0.29) is 12.3 Å². The van der Waals surface area contributed by atoms with Crippen molar-refractivity contribution in [3.05, 3.63) is 29.8 Å². The SMILES string of the molecule is COC(=O)C(CC(=O)N(C)c1ccc(C)cc1)C(=O)OC. The average molecular weight is 293 g/mol. The molecule has 1 aromatic rings. The van der Waals surface area contributed by atoms with Crippen LogP contribution in [0.5, 0.6) is 0 Å². The van der Waals surface area contributed by atoms with E-state index in [1.54, 1.807) is 19.2 Å². The van der Waals surface area contributed by atoms with Crippen molar-refractivity contribution >= 4 is 23.5 Å². The standard InChI is InChI=1S/C15H19NO5/c1-10-5-7-11(8-6-10)16(2)13(17)9-12(14(18)20-3)15(19)21-4/h5-8,12H,9H2,1-4H3. The number of hydrogen-bond acceptors (Lipinski definition) is 5. The molecule has 0 bridgehead atoms. The maximum atomic E-state index is 12.2. The minimum absolute atomic E-state index is 0.302. The molecule has 114 valence electrons. The second kappa shape index (κ2) is 7.42. The van der Waals surface area contributed by atoms with E-state index in [2.05, 4.69) is 9.47 Å². The van der Waals surface area contributed by atoms with Crippen molar-refractivity contribution in [2.45, 2.75) is 13.3 Å². The molecule has 6 nitrogen and oxygen atoms in total. The number of nitrogens with zero attached hydrogens (tertiary/aromatic N) is 1. The molecule has 0 atom stereocenters. The lowest BCUT2D eigenvalue weighted by Crippen LogP contribution is -2.34. The van der Waals surface area contributed by atoms with E-state index in [0.717, 1.165) is 19.8 Å². The minimum Gasteiger partial charge on any atom is -0.468 e. The van der Waals surface area contributed by atoms with E-state index in [0.29, 0.717) is 5.69 Å². The predicted octanol–water partition coefficient (Wildman–Crippen LogP) is 1.31. The van der Waals surface area contributed by atoms with Gasteiger partial charge in [0.15, 0.2) is 5.92 Å². The second-order valence-electron chi connectivity index (χ2n) is 4.59. The zero-order valence-electron chi connectivity index (χ0n) is 12.6.